The molecular formula is C19H15ClN6O2SSe. The van der Waals surface area contributed by atoms with Gasteiger partial charge in [-0.2, -0.15) is 0 Å². The van der Waals surface area contributed by atoms with Crippen molar-refractivity contribution in [3.05, 3.63) is 47.1 Å². The number of amides is 1. The molecule has 30 heavy (non-hydrogen) atoms. The molecule has 0 spiro atoms. The van der Waals surface area contributed by atoms with Gasteiger partial charge < -0.3 is 0 Å². The topological polar surface area (TPSA) is 103 Å². The van der Waals surface area contributed by atoms with Crippen LogP contribution in [0.5, 0.6) is 5.75 Å². The van der Waals surface area contributed by atoms with Crippen molar-refractivity contribution in [1.29, 1.82) is 0 Å². The molecule has 8 nitrogen and oxygen atoms in total. The van der Waals surface area contributed by atoms with Crippen LogP contribution in [-0.2, 0) is 0 Å². The Morgan fingerprint density at radius 2 is 1.97 bits per heavy atom. The molecule has 0 atom stereocenters. The van der Waals surface area contributed by atoms with Crippen molar-refractivity contribution in [2.24, 2.45) is 0 Å². The number of halogens is 1. The van der Waals surface area contributed by atoms with E-state index < -0.39 is 0 Å². The molecule has 0 saturated heterocycles. The molecule has 1 N–H and O–H groups in total. The fraction of sp³-hybridized carbons (Fsp3) is 0.158. The van der Waals surface area contributed by atoms with Crippen LogP contribution in [0.3, 0.4) is 0 Å². The van der Waals surface area contributed by atoms with Crippen molar-refractivity contribution in [3.63, 3.8) is 0 Å². The molecule has 4 aromatic heterocycles. The molecule has 1 amide bonds. The molecule has 4 aromatic rings. The third kappa shape index (κ3) is 4.17. The summed E-state index contributed by atoms with van der Waals surface area (Å²) in [4.78, 5) is 34.6. The summed E-state index contributed by atoms with van der Waals surface area (Å²) in [5, 5.41) is 3.88. The fourth-order valence-corrected chi connectivity index (χ4v) is 5.11. The Hall–Kier alpha value is -2.52. The Kier molecular flexibility index (Phi) is 6.01. The van der Waals surface area contributed by atoms with Gasteiger partial charge in [-0.05, 0) is 0 Å². The van der Waals surface area contributed by atoms with Crippen LogP contribution in [0, 0.1) is 6.92 Å². The first kappa shape index (κ1) is 20.7. The fourth-order valence-electron chi connectivity index (χ4n) is 2.79. The number of rotatable bonds is 5. The number of aromatic nitrogens is 5. The average molecular weight is 506 g/mol. The number of pyridine rings is 2. The van der Waals surface area contributed by atoms with E-state index in [-0.39, 0.29) is 20.4 Å². The normalized spacial score (nSPS) is 10.9. The Morgan fingerprint density at radius 1 is 1.13 bits per heavy atom. The van der Waals surface area contributed by atoms with Crippen LogP contribution >= 0.6 is 23.4 Å². The summed E-state index contributed by atoms with van der Waals surface area (Å²) in [6, 6.07) is 3.48. The Bertz CT molecular complexity index is 1270. The molecule has 0 radical (unpaired) electrons. The first-order chi connectivity index (χ1) is 14.5. The van der Waals surface area contributed by atoms with Gasteiger partial charge in [0.05, 0.1) is 0 Å². The van der Waals surface area contributed by atoms with E-state index in [1.54, 1.807) is 19.4 Å². The zero-order valence-electron chi connectivity index (χ0n) is 16.1. The molecule has 0 aromatic carbocycles. The average Bonchev–Trinajstić information content (AvgIpc) is 3.14. The molecule has 4 heterocycles. The van der Waals surface area contributed by atoms with E-state index in [0.29, 0.717) is 43.0 Å². The molecule has 0 aliphatic rings. The second-order valence-electron chi connectivity index (χ2n) is 6.10. The van der Waals surface area contributed by atoms with Gasteiger partial charge in [-0.25, -0.2) is 0 Å². The van der Waals surface area contributed by atoms with E-state index >= 15 is 0 Å². The summed E-state index contributed by atoms with van der Waals surface area (Å²) in [5.74, 6) is 0.188. The van der Waals surface area contributed by atoms with Gasteiger partial charge >= 0.3 is 188 Å². The predicted octanol–water partition coefficient (Wildman–Crippen LogP) is 3.48. The summed E-state index contributed by atoms with van der Waals surface area (Å²) in [6.45, 7) is 1.85. The van der Waals surface area contributed by atoms with Crippen LogP contribution in [0.25, 0.3) is 21.0 Å². The second-order valence-corrected chi connectivity index (χ2v) is 9.31. The number of nitrogens with zero attached hydrogens (tertiary/aromatic N) is 5. The maximum atomic E-state index is 13.1. The quantitative estimate of drug-likeness (QED) is 0.190. The van der Waals surface area contributed by atoms with Gasteiger partial charge in [-0.3, -0.25) is 0 Å². The first-order valence-electron chi connectivity index (χ1n) is 8.64. The SMILES string of the molecule is COc1cnc(Cl)cc1-c1cc(C)ncc1C(=O)Nc1nc2cnc(SC)nc2[se]1. The van der Waals surface area contributed by atoms with E-state index in [1.165, 1.54) is 24.2 Å². The van der Waals surface area contributed by atoms with Crippen LogP contribution in [0.1, 0.15) is 16.1 Å². The molecule has 0 bridgehead atoms. The number of carbonyl (C=O) groups excluding carboxylic acids is 1. The third-order valence-corrected chi connectivity index (χ3v) is 6.78. The Labute approximate surface area is 187 Å². The number of fused-ring (bicyclic) bond motifs is 1. The van der Waals surface area contributed by atoms with E-state index in [2.05, 4.69) is 30.2 Å². The number of methoxy groups -OCH3 is 1. The van der Waals surface area contributed by atoms with Gasteiger partial charge in [0.15, 0.2) is 0 Å². The molecule has 0 saturated carbocycles. The van der Waals surface area contributed by atoms with E-state index in [4.69, 9.17) is 16.3 Å². The molecular weight excluding hydrogens is 491 g/mol. The molecule has 0 unspecified atom stereocenters. The van der Waals surface area contributed by atoms with Crippen LogP contribution in [0.15, 0.2) is 35.9 Å². The van der Waals surface area contributed by atoms with Crippen molar-refractivity contribution in [1.82, 2.24) is 24.9 Å². The molecule has 4 rings (SSSR count). The van der Waals surface area contributed by atoms with Crippen LogP contribution in [0.4, 0.5) is 4.69 Å². The van der Waals surface area contributed by atoms with Crippen LogP contribution in [0.2, 0.25) is 5.15 Å². The number of carbonyl (C=O) groups is 1. The van der Waals surface area contributed by atoms with Crippen molar-refractivity contribution < 1.29 is 9.53 Å². The van der Waals surface area contributed by atoms with Gasteiger partial charge in [0.1, 0.15) is 0 Å². The number of aryl methyl sites for hydroxylation is 1. The maximum absolute atomic E-state index is 13.1. The van der Waals surface area contributed by atoms with Gasteiger partial charge in [0, 0.05) is 0 Å². The number of hydrogen-bond donors (Lipinski definition) is 1. The van der Waals surface area contributed by atoms with E-state index in [1.807, 2.05) is 19.2 Å². The summed E-state index contributed by atoms with van der Waals surface area (Å²) in [5.41, 5.74) is 3.13. The van der Waals surface area contributed by atoms with Crippen LogP contribution in [-0.4, -0.2) is 58.7 Å². The number of ether oxygens (including phenoxy) is 1. The number of anilines is 1. The van der Waals surface area contributed by atoms with E-state index in [0.717, 1.165) is 10.1 Å². The minimum absolute atomic E-state index is 0.214. The van der Waals surface area contributed by atoms with Gasteiger partial charge in [-0.15, -0.1) is 0 Å². The van der Waals surface area contributed by atoms with Crippen molar-refractivity contribution in [3.8, 4) is 16.9 Å². The van der Waals surface area contributed by atoms with E-state index in [9.17, 15) is 4.79 Å². The van der Waals surface area contributed by atoms with Gasteiger partial charge in [0.2, 0.25) is 0 Å². The summed E-state index contributed by atoms with van der Waals surface area (Å²) in [7, 11) is 1.54. The number of thioether (sulfide) groups is 1. The molecule has 0 aliphatic carbocycles. The summed E-state index contributed by atoms with van der Waals surface area (Å²) >= 11 is 7.35. The number of hydrogen-bond acceptors (Lipinski definition) is 8. The predicted molar refractivity (Wildman–Crippen MR) is 118 cm³/mol. The van der Waals surface area contributed by atoms with Crippen molar-refractivity contribution in [2.75, 3.05) is 18.7 Å². The summed E-state index contributed by atoms with van der Waals surface area (Å²) in [6.07, 6.45) is 6.66. The second kappa shape index (κ2) is 8.69. The van der Waals surface area contributed by atoms with Gasteiger partial charge in [0.25, 0.3) is 0 Å². The van der Waals surface area contributed by atoms with Crippen LogP contribution < -0.4 is 10.1 Å². The Morgan fingerprint density at radius 3 is 2.73 bits per heavy atom. The zero-order valence-corrected chi connectivity index (χ0v) is 19.4. The molecule has 152 valence electrons. The standard InChI is InChI=1S/C19H15ClN6O2SSe/c1-9-4-10(11-5-15(20)22-8-14(11)28-2)12(6-21-9)16(27)25-19-24-13-7-23-18(29-3)26-17(13)30-19/h4-8H,1-3H3,(H,24,25,27). The monoisotopic (exact) mass is 506 g/mol. The zero-order chi connectivity index (χ0) is 21.3. The Balaban J connectivity index is 1.73. The molecule has 0 aliphatic heterocycles. The van der Waals surface area contributed by atoms with Crippen molar-refractivity contribution in [2.45, 2.75) is 12.1 Å². The van der Waals surface area contributed by atoms with Crippen molar-refractivity contribution >= 4 is 58.4 Å². The first-order valence-corrected chi connectivity index (χ1v) is 12.0. The molecule has 11 heteroatoms. The third-order valence-electron chi connectivity index (χ3n) is 4.16. The summed E-state index contributed by atoms with van der Waals surface area (Å²) < 4.78 is 6.84. The minimum atomic E-state index is -0.320. The number of nitrogens with one attached hydrogen (secondary N) is 1. The van der Waals surface area contributed by atoms with Gasteiger partial charge in [-0.1, -0.05) is 0 Å². The molecule has 0 fully saturated rings.